The van der Waals surface area contributed by atoms with Crippen LogP contribution in [0.1, 0.15) is 13.8 Å². The number of carboxylic acid groups (broad SMARTS) is 1. The van der Waals surface area contributed by atoms with Crippen molar-refractivity contribution in [3.8, 4) is 11.5 Å². The predicted molar refractivity (Wildman–Crippen MR) is 77.2 cm³/mol. The molecular formula is C14H20O4S. The number of benzene rings is 1. The van der Waals surface area contributed by atoms with Crippen molar-refractivity contribution in [2.24, 2.45) is 5.92 Å². The van der Waals surface area contributed by atoms with Gasteiger partial charge in [0, 0.05) is 5.75 Å². The van der Waals surface area contributed by atoms with E-state index in [4.69, 9.17) is 14.6 Å². The molecule has 1 unspecified atom stereocenters. The van der Waals surface area contributed by atoms with Gasteiger partial charge in [-0.05, 0) is 18.1 Å². The lowest BCUT2D eigenvalue weighted by atomic mass is 10.1. The lowest BCUT2D eigenvalue weighted by molar-refractivity contribution is -0.137. The van der Waals surface area contributed by atoms with Gasteiger partial charge in [0.1, 0.15) is 5.25 Å². The average Bonchev–Trinajstić information content (AvgIpc) is 2.38. The fourth-order valence-corrected chi connectivity index (χ4v) is 2.57. The second-order valence-electron chi connectivity index (χ2n) is 4.37. The highest BCUT2D eigenvalue weighted by atomic mass is 32.2. The molecule has 1 atom stereocenters. The molecule has 1 aromatic rings. The molecule has 0 fully saturated rings. The fraction of sp³-hybridized carbons (Fsp3) is 0.500. The van der Waals surface area contributed by atoms with E-state index >= 15 is 0 Å². The van der Waals surface area contributed by atoms with Crippen molar-refractivity contribution < 1.29 is 19.4 Å². The Kier molecular flexibility index (Phi) is 6.56. The summed E-state index contributed by atoms with van der Waals surface area (Å²) in [6.07, 6.45) is 0. The minimum Gasteiger partial charge on any atom is -0.493 e. The summed E-state index contributed by atoms with van der Waals surface area (Å²) >= 11 is 1.41. The number of methoxy groups -OCH3 is 1. The lowest BCUT2D eigenvalue weighted by Crippen LogP contribution is -2.23. The van der Waals surface area contributed by atoms with Crippen LogP contribution in [0.2, 0.25) is 0 Å². The van der Waals surface area contributed by atoms with Crippen molar-refractivity contribution in [1.29, 1.82) is 0 Å². The number of ether oxygens (including phenoxy) is 2. The van der Waals surface area contributed by atoms with Crippen LogP contribution in [0.3, 0.4) is 0 Å². The van der Waals surface area contributed by atoms with E-state index < -0.39 is 5.97 Å². The molecule has 19 heavy (non-hydrogen) atoms. The Labute approximate surface area is 118 Å². The Morgan fingerprint density at radius 2 is 1.95 bits per heavy atom. The van der Waals surface area contributed by atoms with Gasteiger partial charge in [-0.2, -0.15) is 0 Å². The number of thioether (sulfide) groups is 1. The third kappa shape index (κ3) is 5.03. The predicted octanol–water partition coefficient (Wildman–Crippen LogP) is 2.92. The van der Waals surface area contributed by atoms with Gasteiger partial charge in [-0.1, -0.05) is 26.0 Å². The Hall–Kier alpha value is -1.36. The summed E-state index contributed by atoms with van der Waals surface area (Å²) in [6.45, 7) is 4.28. The molecular weight excluding hydrogens is 264 g/mol. The molecule has 0 heterocycles. The van der Waals surface area contributed by atoms with Crippen molar-refractivity contribution in [3.05, 3.63) is 24.3 Å². The van der Waals surface area contributed by atoms with Crippen LogP contribution in [0.25, 0.3) is 0 Å². The zero-order valence-corrected chi connectivity index (χ0v) is 12.3. The van der Waals surface area contributed by atoms with Crippen LogP contribution in [0.4, 0.5) is 0 Å². The molecule has 106 valence electrons. The van der Waals surface area contributed by atoms with Crippen molar-refractivity contribution >= 4 is 17.7 Å². The summed E-state index contributed by atoms with van der Waals surface area (Å²) < 4.78 is 10.8. The molecule has 0 saturated carbocycles. The number of hydrogen-bond donors (Lipinski definition) is 1. The van der Waals surface area contributed by atoms with Crippen molar-refractivity contribution in [2.45, 2.75) is 19.1 Å². The first-order chi connectivity index (χ1) is 9.06. The van der Waals surface area contributed by atoms with Crippen LogP contribution in [0.15, 0.2) is 24.3 Å². The monoisotopic (exact) mass is 284 g/mol. The fourth-order valence-electron chi connectivity index (χ4n) is 1.61. The van der Waals surface area contributed by atoms with Crippen molar-refractivity contribution in [3.63, 3.8) is 0 Å². The Balaban J connectivity index is 2.40. The Bertz CT molecular complexity index is 406. The number of hydrogen-bond acceptors (Lipinski definition) is 4. The van der Waals surface area contributed by atoms with E-state index in [1.54, 1.807) is 7.11 Å². The number of para-hydroxylation sites is 2. The Morgan fingerprint density at radius 1 is 1.32 bits per heavy atom. The van der Waals surface area contributed by atoms with Gasteiger partial charge in [-0.3, -0.25) is 4.79 Å². The molecule has 0 aromatic heterocycles. The van der Waals surface area contributed by atoms with Crippen LogP contribution in [0, 0.1) is 5.92 Å². The van der Waals surface area contributed by atoms with Crippen LogP contribution in [0.5, 0.6) is 11.5 Å². The maximum atomic E-state index is 11.0. The van der Waals surface area contributed by atoms with E-state index in [2.05, 4.69) is 0 Å². The zero-order valence-electron chi connectivity index (χ0n) is 11.5. The average molecular weight is 284 g/mol. The van der Waals surface area contributed by atoms with Crippen LogP contribution < -0.4 is 9.47 Å². The largest absolute Gasteiger partial charge is 0.493 e. The van der Waals surface area contributed by atoms with Crippen molar-refractivity contribution in [1.82, 2.24) is 0 Å². The number of carboxylic acids is 1. The van der Waals surface area contributed by atoms with Gasteiger partial charge < -0.3 is 14.6 Å². The van der Waals surface area contributed by atoms with E-state index in [0.717, 1.165) is 0 Å². The first kappa shape index (κ1) is 15.7. The quantitative estimate of drug-likeness (QED) is 0.744. The van der Waals surface area contributed by atoms with Gasteiger partial charge in [-0.15, -0.1) is 11.8 Å². The number of aliphatic carboxylic acids is 1. The second kappa shape index (κ2) is 7.94. The zero-order chi connectivity index (χ0) is 14.3. The van der Waals surface area contributed by atoms with Gasteiger partial charge in [0.05, 0.1) is 13.7 Å². The molecule has 4 nitrogen and oxygen atoms in total. The van der Waals surface area contributed by atoms with Crippen LogP contribution >= 0.6 is 11.8 Å². The van der Waals surface area contributed by atoms with Crippen molar-refractivity contribution in [2.75, 3.05) is 19.5 Å². The topological polar surface area (TPSA) is 55.8 Å². The minimum absolute atomic E-state index is 0.105. The number of rotatable bonds is 8. The SMILES string of the molecule is COc1ccccc1OCCSC(C(=O)O)C(C)C. The van der Waals surface area contributed by atoms with E-state index in [1.165, 1.54) is 11.8 Å². The molecule has 0 aliphatic rings. The third-order valence-corrected chi connectivity index (χ3v) is 4.06. The van der Waals surface area contributed by atoms with Crippen LogP contribution in [-0.4, -0.2) is 35.8 Å². The van der Waals surface area contributed by atoms with E-state index in [9.17, 15) is 4.79 Å². The molecule has 0 aliphatic carbocycles. The first-order valence-corrected chi connectivity index (χ1v) is 7.21. The summed E-state index contributed by atoms with van der Waals surface area (Å²) in [5.74, 6) is 1.34. The summed E-state index contributed by atoms with van der Waals surface area (Å²) in [5.41, 5.74) is 0. The minimum atomic E-state index is -0.766. The molecule has 0 spiro atoms. The molecule has 1 N–H and O–H groups in total. The van der Waals surface area contributed by atoms with E-state index in [-0.39, 0.29) is 11.2 Å². The normalized spacial score (nSPS) is 12.2. The summed E-state index contributed by atoms with van der Waals surface area (Å²) in [4.78, 5) is 11.0. The van der Waals surface area contributed by atoms with Gasteiger partial charge in [0.25, 0.3) is 0 Å². The molecule has 0 radical (unpaired) electrons. The first-order valence-electron chi connectivity index (χ1n) is 6.16. The van der Waals surface area contributed by atoms with Gasteiger partial charge in [0.2, 0.25) is 0 Å². The maximum absolute atomic E-state index is 11.0. The molecule has 0 bridgehead atoms. The van der Waals surface area contributed by atoms with Crippen LogP contribution in [-0.2, 0) is 4.79 Å². The summed E-state index contributed by atoms with van der Waals surface area (Å²) in [6, 6.07) is 7.41. The summed E-state index contributed by atoms with van der Waals surface area (Å²) in [7, 11) is 1.59. The van der Waals surface area contributed by atoms with E-state index in [1.807, 2.05) is 38.1 Å². The second-order valence-corrected chi connectivity index (χ2v) is 5.62. The molecule has 5 heteroatoms. The summed E-state index contributed by atoms with van der Waals surface area (Å²) in [5, 5.41) is 8.67. The van der Waals surface area contributed by atoms with E-state index in [0.29, 0.717) is 23.9 Å². The molecule has 0 aliphatic heterocycles. The highest BCUT2D eigenvalue weighted by Gasteiger charge is 2.21. The third-order valence-electron chi connectivity index (χ3n) is 2.56. The highest BCUT2D eigenvalue weighted by Crippen LogP contribution is 2.26. The Morgan fingerprint density at radius 3 is 2.47 bits per heavy atom. The van der Waals surface area contributed by atoms with Gasteiger partial charge >= 0.3 is 5.97 Å². The lowest BCUT2D eigenvalue weighted by Gasteiger charge is -2.16. The molecule has 1 rings (SSSR count). The molecule has 0 saturated heterocycles. The standard InChI is InChI=1S/C14H20O4S/c1-10(2)13(14(15)16)19-9-8-18-12-7-5-4-6-11(12)17-3/h4-7,10,13H,8-9H2,1-3H3,(H,15,16). The van der Waals surface area contributed by atoms with Gasteiger partial charge in [0.15, 0.2) is 11.5 Å². The van der Waals surface area contributed by atoms with Gasteiger partial charge in [-0.25, -0.2) is 0 Å². The molecule has 0 amide bonds. The number of carbonyl (C=O) groups is 1. The smallest absolute Gasteiger partial charge is 0.316 e. The maximum Gasteiger partial charge on any atom is 0.316 e. The highest BCUT2D eigenvalue weighted by molar-refractivity contribution is 8.00. The molecule has 1 aromatic carbocycles.